The molecule has 0 unspecified atom stereocenters. The first-order valence-electron chi connectivity index (χ1n) is 13.4. The molecule has 0 heterocycles. The zero-order valence-electron chi connectivity index (χ0n) is 24.0. The largest absolute Gasteiger partial charge is 0.493 e. The average molecular weight is 622 g/mol. The maximum absolute atomic E-state index is 13.7. The molecule has 2 amide bonds. The van der Waals surface area contributed by atoms with E-state index in [4.69, 9.17) is 21.1 Å². The Hall–Kier alpha value is -4.54. The number of rotatable bonds is 12. The lowest BCUT2D eigenvalue weighted by atomic mass is 10.1. The minimum absolute atomic E-state index is 0.0245. The first-order chi connectivity index (χ1) is 20.6. The van der Waals surface area contributed by atoms with Gasteiger partial charge in [-0.15, -0.1) is 0 Å². The Morgan fingerprint density at radius 2 is 1.56 bits per heavy atom. The van der Waals surface area contributed by atoms with Crippen LogP contribution < -0.4 is 24.4 Å². The van der Waals surface area contributed by atoms with Gasteiger partial charge in [0.25, 0.3) is 15.9 Å². The van der Waals surface area contributed by atoms with Gasteiger partial charge in [0.15, 0.2) is 11.5 Å². The number of carbonyl (C=O) groups excluding carboxylic acids is 2. The van der Waals surface area contributed by atoms with Crippen LogP contribution in [-0.2, 0) is 21.2 Å². The minimum atomic E-state index is -4.14. The van der Waals surface area contributed by atoms with E-state index in [2.05, 4.69) is 10.6 Å². The second-order valence-electron chi connectivity index (χ2n) is 9.50. The Balaban J connectivity index is 1.51. The van der Waals surface area contributed by atoms with E-state index in [-0.39, 0.29) is 21.8 Å². The molecular formula is C32H32ClN3O6S. The molecule has 0 aliphatic rings. The summed E-state index contributed by atoms with van der Waals surface area (Å²) in [4.78, 5) is 26.5. The lowest BCUT2D eigenvalue weighted by Gasteiger charge is -2.26. The predicted molar refractivity (Wildman–Crippen MR) is 168 cm³/mol. The molecule has 2 N–H and O–H groups in total. The summed E-state index contributed by atoms with van der Waals surface area (Å²) < 4.78 is 39.0. The van der Waals surface area contributed by atoms with Crippen LogP contribution in [0.25, 0.3) is 0 Å². The van der Waals surface area contributed by atoms with Gasteiger partial charge in [-0.25, -0.2) is 8.42 Å². The SMILES string of the molecule is COc1ccc(CCNC(=O)c2ccccc2NC(=O)CN(c2cccc(Cl)c2C)S(=O)(=O)c2ccccc2)cc1OC. The van der Waals surface area contributed by atoms with Crippen molar-refractivity contribution in [1.82, 2.24) is 5.32 Å². The van der Waals surface area contributed by atoms with Crippen molar-refractivity contribution in [1.29, 1.82) is 0 Å². The van der Waals surface area contributed by atoms with Crippen LogP contribution in [0, 0.1) is 6.92 Å². The summed E-state index contributed by atoms with van der Waals surface area (Å²) in [6, 6.07) is 24.8. The Labute approximate surface area is 256 Å². The van der Waals surface area contributed by atoms with Gasteiger partial charge in [0.1, 0.15) is 6.54 Å². The molecule has 224 valence electrons. The van der Waals surface area contributed by atoms with Crippen LogP contribution >= 0.6 is 11.6 Å². The summed E-state index contributed by atoms with van der Waals surface area (Å²) in [6.45, 7) is 1.46. The fourth-order valence-electron chi connectivity index (χ4n) is 4.45. The van der Waals surface area contributed by atoms with Crippen molar-refractivity contribution in [3.8, 4) is 11.5 Å². The molecule has 11 heteroatoms. The molecule has 9 nitrogen and oxygen atoms in total. The minimum Gasteiger partial charge on any atom is -0.493 e. The van der Waals surface area contributed by atoms with E-state index >= 15 is 0 Å². The Bertz CT molecular complexity index is 1710. The summed E-state index contributed by atoms with van der Waals surface area (Å²) in [5, 5.41) is 5.95. The molecule has 0 fully saturated rings. The van der Waals surface area contributed by atoms with Crippen LogP contribution in [0.1, 0.15) is 21.5 Å². The number of hydrogen-bond acceptors (Lipinski definition) is 6. The van der Waals surface area contributed by atoms with E-state index in [9.17, 15) is 18.0 Å². The summed E-state index contributed by atoms with van der Waals surface area (Å²) in [7, 11) is -1.02. The summed E-state index contributed by atoms with van der Waals surface area (Å²) >= 11 is 6.31. The number of methoxy groups -OCH3 is 2. The van der Waals surface area contributed by atoms with Gasteiger partial charge in [-0.1, -0.05) is 54.1 Å². The van der Waals surface area contributed by atoms with Gasteiger partial charge in [-0.05, 0) is 73.0 Å². The highest BCUT2D eigenvalue weighted by molar-refractivity contribution is 7.92. The number of benzene rings is 4. The van der Waals surface area contributed by atoms with Gasteiger partial charge < -0.3 is 20.1 Å². The van der Waals surface area contributed by atoms with E-state index in [1.165, 1.54) is 12.1 Å². The smallest absolute Gasteiger partial charge is 0.264 e. The molecule has 4 rings (SSSR count). The zero-order chi connectivity index (χ0) is 31.0. The summed E-state index contributed by atoms with van der Waals surface area (Å²) in [5.41, 5.74) is 2.20. The van der Waals surface area contributed by atoms with Crippen molar-refractivity contribution >= 4 is 44.8 Å². The predicted octanol–water partition coefficient (Wildman–Crippen LogP) is 5.47. The number of nitrogens with one attached hydrogen (secondary N) is 2. The number of ether oxygens (including phenoxy) is 2. The van der Waals surface area contributed by atoms with Gasteiger partial charge in [-0.2, -0.15) is 0 Å². The fourth-order valence-corrected chi connectivity index (χ4v) is 6.12. The number of halogens is 1. The lowest BCUT2D eigenvalue weighted by Crippen LogP contribution is -2.39. The molecule has 0 spiro atoms. The number of amides is 2. The molecule has 0 saturated heterocycles. The van der Waals surface area contributed by atoms with Gasteiger partial charge >= 0.3 is 0 Å². The van der Waals surface area contributed by atoms with Crippen LogP contribution in [-0.4, -0.2) is 47.5 Å². The van der Waals surface area contributed by atoms with Crippen molar-refractivity contribution in [3.63, 3.8) is 0 Å². The van der Waals surface area contributed by atoms with Gasteiger partial charge in [0, 0.05) is 11.6 Å². The molecule has 4 aromatic carbocycles. The maximum atomic E-state index is 13.7. The van der Waals surface area contributed by atoms with E-state index < -0.39 is 28.4 Å². The molecule has 0 aromatic heterocycles. The third-order valence-corrected chi connectivity index (χ3v) is 8.90. The standard InChI is InChI=1S/C32H32ClN3O6S/c1-22-26(33)13-9-15-28(22)36(43(39,40)24-10-5-4-6-11-24)21-31(37)35-27-14-8-7-12-25(27)32(38)34-19-18-23-16-17-29(41-2)30(20-23)42-3/h4-17,20H,18-19,21H2,1-3H3,(H,34,38)(H,35,37). The molecule has 0 aliphatic carbocycles. The van der Waals surface area contributed by atoms with Crippen molar-refractivity contribution in [3.05, 3.63) is 113 Å². The topological polar surface area (TPSA) is 114 Å². The second-order valence-corrected chi connectivity index (χ2v) is 11.8. The number of hydrogen-bond donors (Lipinski definition) is 2. The highest BCUT2D eigenvalue weighted by Crippen LogP contribution is 2.31. The highest BCUT2D eigenvalue weighted by atomic mass is 35.5. The zero-order valence-corrected chi connectivity index (χ0v) is 25.5. The number of nitrogens with zero attached hydrogens (tertiary/aromatic N) is 1. The number of para-hydroxylation sites is 1. The Morgan fingerprint density at radius 1 is 0.860 bits per heavy atom. The molecule has 43 heavy (non-hydrogen) atoms. The van der Waals surface area contributed by atoms with Gasteiger partial charge in [0.05, 0.1) is 36.1 Å². The molecular weight excluding hydrogens is 590 g/mol. The van der Waals surface area contributed by atoms with Crippen LogP contribution in [0.3, 0.4) is 0 Å². The van der Waals surface area contributed by atoms with Crippen molar-refractivity contribution in [2.24, 2.45) is 0 Å². The molecule has 4 aromatic rings. The monoisotopic (exact) mass is 621 g/mol. The quantitative estimate of drug-likeness (QED) is 0.217. The van der Waals surface area contributed by atoms with E-state index in [0.29, 0.717) is 35.1 Å². The highest BCUT2D eigenvalue weighted by Gasteiger charge is 2.29. The number of anilines is 2. The molecule has 0 saturated carbocycles. The van der Waals surface area contributed by atoms with Crippen LogP contribution in [0.4, 0.5) is 11.4 Å². The summed E-state index contributed by atoms with van der Waals surface area (Å²) in [6.07, 6.45) is 0.534. The number of sulfonamides is 1. The van der Waals surface area contributed by atoms with Crippen molar-refractivity contribution in [2.45, 2.75) is 18.2 Å². The lowest BCUT2D eigenvalue weighted by molar-refractivity contribution is -0.114. The summed E-state index contributed by atoms with van der Waals surface area (Å²) in [5.74, 6) is 0.177. The third kappa shape index (κ3) is 7.46. The maximum Gasteiger partial charge on any atom is 0.264 e. The van der Waals surface area contributed by atoms with E-state index in [1.54, 1.807) is 87.9 Å². The molecule has 0 bridgehead atoms. The van der Waals surface area contributed by atoms with E-state index in [0.717, 1.165) is 9.87 Å². The Kier molecular flexibility index (Phi) is 10.3. The van der Waals surface area contributed by atoms with Gasteiger partial charge in [0.2, 0.25) is 5.91 Å². The number of carbonyl (C=O) groups is 2. The molecule has 0 aliphatic heterocycles. The molecule has 0 atom stereocenters. The van der Waals surface area contributed by atoms with Crippen LogP contribution in [0.15, 0.2) is 95.9 Å². The van der Waals surface area contributed by atoms with Crippen LogP contribution in [0.5, 0.6) is 11.5 Å². The van der Waals surface area contributed by atoms with Crippen molar-refractivity contribution in [2.75, 3.05) is 36.9 Å². The Morgan fingerprint density at radius 3 is 2.28 bits per heavy atom. The average Bonchev–Trinajstić information content (AvgIpc) is 3.02. The normalized spacial score (nSPS) is 11.0. The van der Waals surface area contributed by atoms with Crippen molar-refractivity contribution < 1.29 is 27.5 Å². The van der Waals surface area contributed by atoms with Gasteiger partial charge in [-0.3, -0.25) is 13.9 Å². The van der Waals surface area contributed by atoms with E-state index in [1.807, 2.05) is 12.1 Å². The molecule has 0 radical (unpaired) electrons. The third-order valence-electron chi connectivity index (χ3n) is 6.72. The first kappa shape index (κ1) is 31.4. The second kappa shape index (κ2) is 14.1. The van der Waals surface area contributed by atoms with Crippen LogP contribution in [0.2, 0.25) is 5.02 Å². The fraction of sp³-hybridized carbons (Fsp3) is 0.188. The first-order valence-corrected chi connectivity index (χ1v) is 15.2.